The van der Waals surface area contributed by atoms with E-state index in [0.717, 1.165) is 18.0 Å². The van der Waals surface area contributed by atoms with Gasteiger partial charge in [0.1, 0.15) is 21.5 Å². The normalized spacial score (nSPS) is 18.7. The van der Waals surface area contributed by atoms with Crippen molar-refractivity contribution in [1.82, 2.24) is 5.32 Å². The van der Waals surface area contributed by atoms with Gasteiger partial charge in [-0.1, -0.05) is 0 Å². The molecule has 1 aliphatic heterocycles. The summed E-state index contributed by atoms with van der Waals surface area (Å²) in [6.45, 7) is 1.49. The standard InChI is InChI=1S/C11H15N5OS/c1-15-10(17)9-8(14)7(4-12)11(18-9)16-3-2-6(13)5-16/h6H,2-3,5,13-14H2,1H3,(H,15,17). The summed E-state index contributed by atoms with van der Waals surface area (Å²) in [6, 6.07) is 2.19. The van der Waals surface area contributed by atoms with Gasteiger partial charge in [-0.05, 0) is 6.42 Å². The van der Waals surface area contributed by atoms with E-state index in [1.54, 1.807) is 7.05 Å². The molecule has 1 aromatic heterocycles. The van der Waals surface area contributed by atoms with Gasteiger partial charge >= 0.3 is 0 Å². The minimum absolute atomic E-state index is 0.114. The minimum Gasteiger partial charge on any atom is -0.396 e. The number of amides is 1. The zero-order valence-corrected chi connectivity index (χ0v) is 10.9. The van der Waals surface area contributed by atoms with Crippen LogP contribution in [0.15, 0.2) is 0 Å². The van der Waals surface area contributed by atoms with Gasteiger partial charge in [0, 0.05) is 26.2 Å². The number of nitrogens with two attached hydrogens (primary N) is 2. The van der Waals surface area contributed by atoms with Crippen molar-refractivity contribution in [3.05, 3.63) is 10.4 Å². The third kappa shape index (κ3) is 2.00. The highest BCUT2D eigenvalue weighted by atomic mass is 32.1. The molecule has 1 unspecified atom stereocenters. The second-order valence-corrected chi connectivity index (χ2v) is 5.21. The number of rotatable bonds is 2. The quantitative estimate of drug-likeness (QED) is 0.702. The first-order valence-corrected chi connectivity index (χ1v) is 6.45. The van der Waals surface area contributed by atoms with Crippen LogP contribution in [-0.2, 0) is 0 Å². The number of thiophene rings is 1. The van der Waals surface area contributed by atoms with E-state index < -0.39 is 0 Å². The molecule has 18 heavy (non-hydrogen) atoms. The van der Waals surface area contributed by atoms with E-state index >= 15 is 0 Å². The average Bonchev–Trinajstić information content (AvgIpc) is 2.92. The van der Waals surface area contributed by atoms with Crippen LogP contribution in [0, 0.1) is 11.3 Å². The van der Waals surface area contributed by atoms with Crippen molar-refractivity contribution in [2.75, 3.05) is 30.8 Å². The number of anilines is 2. The Bertz CT molecular complexity index is 518. The molecule has 1 fully saturated rings. The second-order valence-electron chi connectivity index (χ2n) is 4.21. The summed E-state index contributed by atoms with van der Waals surface area (Å²) in [5, 5.41) is 12.5. The maximum Gasteiger partial charge on any atom is 0.263 e. The molecule has 0 aromatic carbocycles. The van der Waals surface area contributed by atoms with E-state index in [1.807, 2.05) is 4.90 Å². The molecule has 2 rings (SSSR count). The molecule has 1 saturated heterocycles. The molecule has 96 valence electrons. The van der Waals surface area contributed by atoms with Crippen LogP contribution < -0.4 is 21.7 Å². The van der Waals surface area contributed by atoms with Gasteiger partial charge in [0.2, 0.25) is 0 Å². The van der Waals surface area contributed by atoms with Crippen LogP contribution in [0.25, 0.3) is 0 Å². The molecule has 6 nitrogen and oxygen atoms in total. The van der Waals surface area contributed by atoms with Gasteiger partial charge in [-0.3, -0.25) is 4.79 Å². The number of nitrogens with zero attached hydrogens (tertiary/aromatic N) is 2. The summed E-state index contributed by atoms with van der Waals surface area (Å²) in [6.07, 6.45) is 0.887. The third-order valence-electron chi connectivity index (χ3n) is 2.98. The molecular weight excluding hydrogens is 250 g/mol. The number of nitrogens with one attached hydrogen (secondary N) is 1. The summed E-state index contributed by atoms with van der Waals surface area (Å²) in [5.74, 6) is -0.260. The summed E-state index contributed by atoms with van der Waals surface area (Å²) < 4.78 is 0. The van der Waals surface area contributed by atoms with Crippen LogP contribution in [0.5, 0.6) is 0 Å². The van der Waals surface area contributed by atoms with Crippen molar-refractivity contribution in [2.24, 2.45) is 5.73 Å². The number of hydrogen-bond acceptors (Lipinski definition) is 6. The summed E-state index contributed by atoms with van der Waals surface area (Å²) in [5.41, 5.74) is 12.4. The maximum absolute atomic E-state index is 11.7. The van der Waals surface area contributed by atoms with Crippen molar-refractivity contribution in [3.63, 3.8) is 0 Å². The summed E-state index contributed by atoms with van der Waals surface area (Å²) >= 11 is 1.25. The first kappa shape index (κ1) is 12.7. The Labute approximate surface area is 109 Å². The predicted molar refractivity (Wildman–Crippen MR) is 71.6 cm³/mol. The number of nitriles is 1. The Balaban J connectivity index is 2.42. The van der Waals surface area contributed by atoms with E-state index in [2.05, 4.69) is 11.4 Å². The SMILES string of the molecule is CNC(=O)c1sc(N2CCC(N)C2)c(C#N)c1N. The van der Waals surface area contributed by atoms with E-state index in [4.69, 9.17) is 11.5 Å². The van der Waals surface area contributed by atoms with Crippen LogP contribution in [0.3, 0.4) is 0 Å². The van der Waals surface area contributed by atoms with Gasteiger partial charge in [0.25, 0.3) is 5.91 Å². The number of carbonyl (C=O) groups excluding carboxylic acids is 1. The molecule has 1 aliphatic rings. The zero-order valence-electron chi connectivity index (χ0n) is 10.1. The number of carbonyl (C=O) groups is 1. The molecule has 1 aromatic rings. The minimum atomic E-state index is -0.260. The van der Waals surface area contributed by atoms with Crippen LogP contribution in [0.1, 0.15) is 21.7 Å². The highest BCUT2D eigenvalue weighted by Crippen LogP contribution is 2.38. The Morgan fingerprint density at radius 2 is 2.39 bits per heavy atom. The molecule has 0 spiro atoms. The monoisotopic (exact) mass is 265 g/mol. The van der Waals surface area contributed by atoms with E-state index in [1.165, 1.54) is 11.3 Å². The predicted octanol–water partition coefficient (Wildman–Crippen LogP) is 0.0990. The molecular formula is C11H15N5OS. The van der Waals surface area contributed by atoms with Gasteiger partial charge < -0.3 is 21.7 Å². The van der Waals surface area contributed by atoms with Crippen LogP contribution >= 0.6 is 11.3 Å². The smallest absolute Gasteiger partial charge is 0.263 e. The van der Waals surface area contributed by atoms with Crippen molar-refractivity contribution in [3.8, 4) is 6.07 Å². The van der Waals surface area contributed by atoms with Crippen molar-refractivity contribution in [2.45, 2.75) is 12.5 Å². The maximum atomic E-state index is 11.7. The largest absolute Gasteiger partial charge is 0.396 e. The van der Waals surface area contributed by atoms with Crippen LogP contribution in [0.2, 0.25) is 0 Å². The molecule has 5 N–H and O–H groups in total. The lowest BCUT2D eigenvalue weighted by atomic mass is 10.2. The van der Waals surface area contributed by atoms with Gasteiger partial charge in [0.15, 0.2) is 0 Å². The highest BCUT2D eigenvalue weighted by molar-refractivity contribution is 7.19. The molecule has 0 bridgehead atoms. The topological polar surface area (TPSA) is 108 Å². The Morgan fingerprint density at radius 3 is 2.89 bits per heavy atom. The summed E-state index contributed by atoms with van der Waals surface area (Å²) in [7, 11) is 1.54. The second kappa shape index (κ2) is 4.84. The molecule has 1 atom stereocenters. The fourth-order valence-corrected chi connectivity index (χ4v) is 3.17. The van der Waals surface area contributed by atoms with Crippen LogP contribution in [-0.4, -0.2) is 32.1 Å². The molecule has 1 amide bonds. The van der Waals surface area contributed by atoms with Gasteiger partial charge in [0.05, 0.1) is 5.69 Å². The Kier molecular flexibility index (Phi) is 3.41. The van der Waals surface area contributed by atoms with Gasteiger partial charge in [-0.2, -0.15) is 5.26 Å². The fourth-order valence-electron chi connectivity index (χ4n) is 2.02. The molecule has 0 radical (unpaired) electrons. The number of nitrogen functional groups attached to an aromatic ring is 1. The first-order chi connectivity index (χ1) is 8.58. The van der Waals surface area contributed by atoms with Crippen molar-refractivity contribution in [1.29, 1.82) is 5.26 Å². The molecule has 7 heteroatoms. The molecule has 0 saturated carbocycles. The van der Waals surface area contributed by atoms with E-state index in [-0.39, 0.29) is 17.6 Å². The zero-order chi connectivity index (χ0) is 13.3. The van der Waals surface area contributed by atoms with E-state index in [0.29, 0.717) is 17.0 Å². The first-order valence-electron chi connectivity index (χ1n) is 5.63. The van der Waals surface area contributed by atoms with Crippen LogP contribution in [0.4, 0.5) is 10.7 Å². The van der Waals surface area contributed by atoms with Crippen molar-refractivity contribution < 1.29 is 4.79 Å². The lowest BCUT2D eigenvalue weighted by molar-refractivity contribution is 0.0968. The number of hydrogen-bond donors (Lipinski definition) is 3. The van der Waals surface area contributed by atoms with Crippen molar-refractivity contribution >= 4 is 27.9 Å². The lowest BCUT2D eigenvalue weighted by Crippen LogP contribution is -2.26. The van der Waals surface area contributed by atoms with E-state index in [9.17, 15) is 10.1 Å². The molecule has 2 heterocycles. The average molecular weight is 265 g/mol. The third-order valence-corrected chi connectivity index (χ3v) is 4.25. The Hall–Kier alpha value is -1.78. The fraction of sp³-hybridized carbons (Fsp3) is 0.455. The molecule has 0 aliphatic carbocycles. The Morgan fingerprint density at radius 1 is 1.67 bits per heavy atom. The van der Waals surface area contributed by atoms with Gasteiger partial charge in [-0.25, -0.2) is 0 Å². The lowest BCUT2D eigenvalue weighted by Gasteiger charge is -2.15. The highest BCUT2D eigenvalue weighted by Gasteiger charge is 2.27. The van der Waals surface area contributed by atoms with Gasteiger partial charge in [-0.15, -0.1) is 11.3 Å². The summed E-state index contributed by atoms with van der Waals surface area (Å²) in [4.78, 5) is 14.1.